The maximum atomic E-state index is 12.4. The average molecular weight is 381 g/mol. The third-order valence-electron chi connectivity index (χ3n) is 3.96. The van der Waals surface area contributed by atoms with Gasteiger partial charge < -0.3 is 14.7 Å². The van der Waals surface area contributed by atoms with Crippen molar-refractivity contribution in [3.63, 3.8) is 0 Å². The maximum absolute atomic E-state index is 12.4. The Balaban J connectivity index is 0.00000158. The molecule has 1 atom stereocenters. The van der Waals surface area contributed by atoms with Crippen LogP contribution in [0.5, 0.6) is 0 Å². The highest BCUT2D eigenvalue weighted by Gasteiger charge is 2.30. The summed E-state index contributed by atoms with van der Waals surface area (Å²) in [4.78, 5) is 16.4. The van der Waals surface area contributed by atoms with Crippen LogP contribution in [-0.4, -0.2) is 58.9 Å². The van der Waals surface area contributed by atoms with Crippen molar-refractivity contribution in [2.75, 3.05) is 26.2 Å². The highest BCUT2D eigenvalue weighted by atomic mass is 16.6. The van der Waals surface area contributed by atoms with E-state index in [0.29, 0.717) is 6.54 Å². The van der Waals surface area contributed by atoms with Crippen LogP contribution < -0.4 is 0 Å². The molecule has 1 aromatic rings. The molecule has 5 heteroatoms. The van der Waals surface area contributed by atoms with Gasteiger partial charge in [-0.15, -0.1) is 0 Å². The number of amides is 1. The first-order chi connectivity index (χ1) is 12.9. The summed E-state index contributed by atoms with van der Waals surface area (Å²) in [6, 6.07) is 10.1. The molecular weight excluding hydrogens is 340 g/mol. The standard InChI is InChI=1S/C18H28N2O3.2C2H6/c1-18(2,3)23-17(22)20-12-11-19(10-9-16(20)14-21)13-15-7-5-4-6-8-15;2*1-2/h4-8,16,21H,9-14H2,1-3H3;2*1-2H3/t16-;;/m0../s1. The van der Waals surface area contributed by atoms with E-state index in [1.165, 1.54) is 5.56 Å². The highest BCUT2D eigenvalue weighted by molar-refractivity contribution is 5.68. The Kier molecular flexibility index (Phi) is 12.8. The summed E-state index contributed by atoms with van der Waals surface area (Å²) in [6.45, 7) is 16.6. The zero-order valence-corrected chi connectivity index (χ0v) is 18.4. The zero-order chi connectivity index (χ0) is 20.9. The smallest absolute Gasteiger partial charge is 0.410 e. The van der Waals surface area contributed by atoms with E-state index in [4.69, 9.17) is 4.74 Å². The molecule has 0 spiro atoms. The Morgan fingerprint density at radius 1 is 1.07 bits per heavy atom. The van der Waals surface area contributed by atoms with Crippen molar-refractivity contribution < 1.29 is 14.6 Å². The predicted octanol–water partition coefficient (Wildman–Crippen LogP) is 4.54. The number of ether oxygens (including phenoxy) is 1. The molecule has 0 saturated carbocycles. The van der Waals surface area contributed by atoms with Crippen LogP contribution in [0.15, 0.2) is 30.3 Å². The van der Waals surface area contributed by atoms with Gasteiger partial charge in [0.25, 0.3) is 0 Å². The second-order valence-corrected chi connectivity index (χ2v) is 7.06. The molecular formula is C22H40N2O3. The van der Waals surface area contributed by atoms with E-state index < -0.39 is 5.60 Å². The fraction of sp³-hybridized carbons (Fsp3) is 0.682. The number of carbonyl (C=O) groups excluding carboxylic acids is 1. The van der Waals surface area contributed by atoms with Crippen LogP contribution in [-0.2, 0) is 11.3 Å². The Hall–Kier alpha value is -1.59. The third kappa shape index (κ3) is 9.78. The van der Waals surface area contributed by atoms with Crippen LogP contribution in [0.4, 0.5) is 4.79 Å². The number of nitrogens with zero attached hydrogens (tertiary/aromatic N) is 2. The maximum Gasteiger partial charge on any atom is 0.410 e. The molecule has 0 unspecified atom stereocenters. The van der Waals surface area contributed by atoms with Gasteiger partial charge in [-0.1, -0.05) is 58.0 Å². The van der Waals surface area contributed by atoms with E-state index >= 15 is 0 Å². The Morgan fingerprint density at radius 2 is 1.67 bits per heavy atom. The van der Waals surface area contributed by atoms with Gasteiger partial charge in [0.1, 0.15) is 5.60 Å². The number of aliphatic hydroxyl groups excluding tert-OH is 1. The Bertz CT molecular complexity index is 500. The van der Waals surface area contributed by atoms with Crippen LogP contribution in [0.1, 0.15) is 60.5 Å². The van der Waals surface area contributed by atoms with Crippen LogP contribution >= 0.6 is 0 Å². The summed E-state index contributed by atoms with van der Waals surface area (Å²) in [5, 5.41) is 9.64. The lowest BCUT2D eigenvalue weighted by atomic mass is 10.2. The summed E-state index contributed by atoms with van der Waals surface area (Å²) in [7, 11) is 0. The van der Waals surface area contributed by atoms with Crippen molar-refractivity contribution in [3.05, 3.63) is 35.9 Å². The number of hydrogen-bond donors (Lipinski definition) is 1. The highest BCUT2D eigenvalue weighted by Crippen LogP contribution is 2.17. The Morgan fingerprint density at radius 3 is 2.19 bits per heavy atom. The molecule has 1 saturated heterocycles. The molecule has 1 aromatic carbocycles. The minimum Gasteiger partial charge on any atom is -0.444 e. The van der Waals surface area contributed by atoms with E-state index in [0.717, 1.165) is 26.1 Å². The van der Waals surface area contributed by atoms with E-state index in [9.17, 15) is 9.90 Å². The fourth-order valence-corrected chi connectivity index (χ4v) is 2.78. The van der Waals surface area contributed by atoms with Gasteiger partial charge >= 0.3 is 6.09 Å². The van der Waals surface area contributed by atoms with Crippen molar-refractivity contribution in [3.8, 4) is 0 Å². The number of rotatable bonds is 3. The fourth-order valence-electron chi connectivity index (χ4n) is 2.78. The van der Waals surface area contributed by atoms with Crippen molar-refractivity contribution in [1.29, 1.82) is 0 Å². The van der Waals surface area contributed by atoms with Crippen LogP contribution in [0.2, 0.25) is 0 Å². The lowest BCUT2D eigenvalue weighted by molar-refractivity contribution is 0.0108. The van der Waals surface area contributed by atoms with Gasteiger partial charge in [-0.05, 0) is 32.8 Å². The van der Waals surface area contributed by atoms with Crippen molar-refractivity contribution in [1.82, 2.24) is 9.80 Å². The largest absolute Gasteiger partial charge is 0.444 e. The normalized spacial score (nSPS) is 17.6. The molecule has 0 bridgehead atoms. The molecule has 1 aliphatic rings. The topological polar surface area (TPSA) is 53.0 Å². The SMILES string of the molecule is CC.CC.CC(C)(C)OC(=O)N1CCN(Cc2ccccc2)CC[C@H]1CO. The van der Waals surface area contributed by atoms with Crippen LogP contribution in [0, 0.1) is 0 Å². The number of benzene rings is 1. The Labute approximate surface area is 166 Å². The zero-order valence-electron chi connectivity index (χ0n) is 18.4. The van der Waals surface area contributed by atoms with Crippen molar-refractivity contribution >= 4 is 6.09 Å². The lowest BCUT2D eigenvalue weighted by Gasteiger charge is -2.31. The van der Waals surface area contributed by atoms with Crippen LogP contribution in [0.3, 0.4) is 0 Å². The molecule has 0 aliphatic carbocycles. The first kappa shape index (κ1) is 25.4. The van der Waals surface area contributed by atoms with Gasteiger partial charge in [0, 0.05) is 26.2 Å². The van der Waals surface area contributed by atoms with Crippen molar-refractivity contribution in [2.24, 2.45) is 0 Å². The quantitative estimate of drug-likeness (QED) is 0.836. The molecule has 1 fully saturated rings. The summed E-state index contributed by atoms with van der Waals surface area (Å²) in [5.41, 5.74) is 0.742. The van der Waals surface area contributed by atoms with E-state index in [-0.39, 0.29) is 18.7 Å². The molecule has 5 nitrogen and oxygen atoms in total. The molecule has 1 aliphatic heterocycles. The monoisotopic (exact) mass is 380 g/mol. The predicted molar refractivity (Wildman–Crippen MR) is 113 cm³/mol. The molecule has 2 rings (SSSR count). The number of aliphatic hydroxyl groups is 1. The summed E-state index contributed by atoms with van der Waals surface area (Å²) < 4.78 is 5.48. The second kappa shape index (κ2) is 13.6. The summed E-state index contributed by atoms with van der Waals surface area (Å²) in [5.74, 6) is 0. The molecule has 1 amide bonds. The lowest BCUT2D eigenvalue weighted by Crippen LogP contribution is -2.45. The van der Waals surface area contributed by atoms with Crippen molar-refractivity contribution in [2.45, 2.75) is 73.1 Å². The van der Waals surface area contributed by atoms with Gasteiger partial charge in [0.15, 0.2) is 0 Å². The van der Waals surface area contributed by atoms with E-state index in [1.54, 1.807) is 4.90 Å². The molecule has 1 heterocycles. The van der Waals surface area contributed by atoms with Gasteiger partial charge in [-0.2, -0.15) is 0 Å². The third-order valence-corrected chi connectivity index (χ3v) is 3.96. The van der Waals surface area contributed by atoms with Gasteiger partial charge in [0.2, 0.25) is 0 Å². The number of carbonyl (C=O) groups is 1. The molecule has 27 heavy (non-hydrogen) atoms. The second-order valence-electron chi connectivity index (χ2n) is 7.06. The first-order valence-corrected chi connectivity index (χ1v) is 10.3. The first-order valence-electron chi connectivity index (χ1n) is 10.3. The molecule has 156 valence electrons. The average Bonchev–Trinajstić information content (AvgIpc) is 2.87. The minimum atomic E-state index is -0.521. The van der Waals surface area contributed by atoms with Gasteiger partial charge in [-0.3, -0.25) is 4.90 Å². The summed E-state index contributed by atoms with van der Waals surface area (Å²) in [6.07, 6.45) is 0.417. The van der Waals surface area contributed by atoms with E-state index in [2.05, 4.69) is 17.0 Å². The minimum absolute atomic E-state index is 0.0293. The molecule has 0 aromatic heterocycles. The number of hydrogen-bond acceptors (Lipinski definition) is 4. The van der Waals surface area contributed by atoms with Gasteiger partial charge in [-0.25, -0.2) is 4.79 Å². The molecule has 0 radical (unpaired) electrons. The van der Waals surface area contributed by atoms with Crippen LogP contribution in [0.25, 0.3) is 0 Å². The summed E-state index contributed by atoms with van der Waals surface area (Å²) >= 11 is 0. The van der Waals surface area contributed by atoms with Gasteiger partial charge in [0.05, 0.1) is 12.6 Å². The van der Waals surface area contributed by atoms with E-state index in [1.807, 2.05) is 66.7 Å². The molecule has 1 N–H and O–H groups in total.